The molecule has 9 nitrogen and oxygen atoms in total. The van der Waals surface area contributed by atoms with Gasteiger partial charge in [0.15, 0.2) is 0 Å². The monoisotopic (exact) mass is 263 g/mol. The molecule has 2 aromatic rings. The number of nitro groups is 1. The average Bonchev–Trinajstić information content (AvgIpc) is 2.89. The lowest BCUT2D eigenvalue weighted by molar-refractivity contribution is -0.385. The van der Waals surface area contributed by atoms with Crippen LogP contribution >= 0.6 is 0 Å². The van der Waals surface area contributed by atoms with Gasteiger partial charge in [-0.3, -0.25) is 19.7 Å². The van der Waals surface area contributed by atoms with Crippen LogP contribution in [0, 0.1) is 10.1 Å². The van der Waals surface area contributed by atoms with E-state index in [4.69, 9.17) is 0 Å². The van der Waals surface area contributed by atoms with Crippen LogP contribution in [0.4, 0.5) is 5.69 Å². The van der Waals surface area contributed by atoms with Crippen molar-refractivity contribution in [3.63, 3.8) is 0 Å². The second-order valence-electron chi connectivity index (χ2n) is 3.58. The van der Waals surface area contributed by atoms with Crippen LogP contribution in [0.5, 0.6) is 0 Å². The molecule has 0 aliphatic carbocycles. The SMILES string of the molecule is O=C(NCc1ncc[nH]1)c1cc([N+](=O)[O-])c[nH]c1=O. The molecule has 0 atom stereocenters. The molecule has 0 spiro atoms. The Morgan fingerprint density at radius 2 is 2.26 bits per heavy atom. The van der Waals surface area contributed by atoms with Crippen LogP contribution < -0.4 is 10.9 Å². The van der Waals surface area contributed by atoms with E-state index in [2.05, 4.69) is 20.3 Å². The van der Waals surface area contributed by atoms with E-state index >= 15 is 0 Å². The number of hydrogen-bond donors (Lipinski definition) is 3. The minimum Gasteiger partial charge on any atom is -0.347 e. The molecule has 0 saturated carbocycles. The molecule has 2 heterocycles. The van der Waals surface area contributed by atoms with Crippen LogP contribution in [0.25, 0.3) is 0 Å². The summed E-state index contributed by atoms with van der Waals surface area (Å²) < 4.78 is 0. The molecule has 0 fully saturated rings. The summed E-state index contributed by atoms with van der Waals surface area (Å²) in [4.78, 5) is 41.8. The van der Waals surface area contributed by atoms with Crippen molar-refractivity contribution in [2.24, 2.45) is 0 Å². The second kappa shape index (κ2) is 5.12. The van der Waals surface area contributed by atoms with Gasteiger partial charge in [0.05, 0.1) is 17.7 Å². The quantitative estimate of drug-likeness (QED) is 0.524. The van der Waals surface area contributed by atoms with Crippen molar-refractivity contribution in [3.05, 3.63) is 56.5 Å². The Kier molecular flexibility index (Phi) is 3.37. The molecular formula is C10H9N5O4. The highest BCUT2D eigenvalue weighted by molar-refractivity contribution is 5.94. The van der Waals surface area contributed by atoms with Crippen LogP contribution in [0.15, 0.2) is 29.5 Å². The first-order chi connectivity index (χ1) is 9.08. The van der Waals surface area contributed by atoms with Crippen LogP contribution in [0.3, 0.4) is 0 Å². The third-order valence-electron chi connectivity index (χ3n) is 2.31. The minimum atomic E-state index is -0.707. The van der Waals surface area contributed by atoms with E-state index < -0.39 is 16.4 Å². The zero-order valence-corrected chi connectivity index (χ0v) is 9.54. The van der Waals surface area contributed by atoms with Crippen LogP contribution in [0.1, 0.15) is 16.2 Å². The Balaban J connectivity index is 2.16. The van der Waals surface area contributed by atoms with Crippen molar-refractivity contribution in [1.82, 2.24) is 20.3 Å². The first-order valence-corrected chi connectivity index (χ1v) is 5.21. The third-order valence-corrected chi connectivity index (χ3v) is 2.31. The number of pyridine rings is 1. The maximum absolute atomic E-state index is 11.7. The second-order valence-corrected chi connectivity index (χ2v) is 3.58. The van der Waals surface area contributed by atoms with Crippen molar-refractivity contribution < 1.29 is 9.72 Å². The van der Waals surface area contributed by atoms with Crippen molar-refractivity contribution >= 4 is 11.6 Å². The molecule has 19 heavy (non-hydrogen) atoms. The number of nitrogens with zero attached hydrogens (tertiary/aromatic N) is 2. The van der Waals surface area contributed by atoms with Gasteiger partial charge < -0.3 is 15.3 Å². The van der Waals surface area contributed by atoms with Gasteiger partial charge >= 0.3 is 0 Å². The predicted molar refractivity (Wildman–Crippen MR) is 63.5 cm³/mol. The lowest BCUT2D eigenvalue weighted by atomic mass is 10.2. The molecule has 98 valence electrons. The molecule has 0 unspecified atom stereocenters. The number of rotatable bonds is 4. The average molecular weight is 263 g/mol. The number of nitrogens with one attached hydrogen (secondary N) is 3. The van der Waals surface area contributed by atoms with E-state index in [0.29, 0.717) is 5.82 Å². The summed E-state index contributed by atoms with van der Waals surface area (Å²) in [5.74, 6) is -0.198. The maximum Gasteiger partial charge on any atom is 0.286 e. The lowest BCUT2D eigenvalue weighted by Gasteiger charge is -2.02. The number of aromatic nitrogens is 3. The van der Waals surface area contributed by atoms with E-state index in [1.54, 1.807) is 6.20 Å². The van der Waals surface area contributed by atoms with Gasteiger partial charge in [0.2, 0.25) is 0 Å². The van der Waals surface area contributed by atoms with Crippen LogP contribution in [0.2, 0.25) is 0 Å². The summed E-state index contributed by atoms with van der Waals surface area (Å²) in [7, 11) is 0. The van der Waals surface area contributed by atoms with Gasteiger partial charge in [0, 0.05) is 18.5 Å². The molecule has 0 bridgehead atoms. The highest BCUT2D eigenvalue weighted by Crippen LogP contribution is 2.08. The fourth-order valence-corrected chi connectivity index (χ4v) is 1.40. The van der Waals surface area contributed by atoms with Gasteiger partial charge in [-0.1, -0.05) is 0 Å². The summed E-state index contributed by atoms with van der Waals surface area (Å²) in [5.41, 5.74) is -1.37. The number of amides is 1. The fourth-order valence-electron chi connectivity index (χ4n) is 1.40. The third kappa shape index (κ3) is 2.83. The standard InChI is InChI=1S/C10H9N5O4/c16-9-7(3-6(4-13-9)15(18)19)10(17)14-5-8-11-1-2-12-8/h1-4H,5H2,(H,11,12)(H,13,16)(H,14,17). The van der Waals surface area contributed by atoms with Gasteiger partial charge in [0.25, 0.3) is 17.2 Å². The number of imidazole rings is 1. The molecule has 0 saturated heterocycles. The zero-order chi connectivity index (χ0) is 13.8. The van der Waals surface area contributed by atoms with E-state index in [1.807, 2.05) is 0 Å². The Bertz CT molecular complexity index is 661. The van der Waals surface area contributed by atoms with Gasteiger partial charge in [-0.15, -0.1) is 0 Å². The molecule has 2 rings (SSSR count). The maximum atomic E-state index is 11.7. The van der Waals surface area contributed by atoms with Gasteiger partial charge in [-0.2, -0.15) is 0 Å². The van der Waals surface area contributed by atoms with E-state index in [1.165, 1.54) is 6.20 Å². The van der Waals surface area contributed by atoms with Gasteiger partial charge in [-0.25, -0.2) is 4.98 Å². The highest BCUT2D eigenvalue weighted by Gasteiger charge is 2.15. The molecule has 9 heteroatoms. The first-order valence-electron chi connectivity index (χ1n) is 5.21. The van der Waals surface area contributed by atoms with Crippen molar-refractivity contribution in [2.45, 2.75) is 6.54 Å². The summed E-state index contributed by atoms with van der Waals surface area (Å²) in [5, 5.41) is 13.0. The largest absolute Gasteiger partial charge is 0.347 e. The molecule has 2 aromatic heterocycles. The Hall–Kier alpha value is -2.97. The lowest BCUT2D eigenvalue weighted by Crippen LogP contribution is -2.29. The summed E-state index contributed by atoms with van der Waals surface area (Å²) in [6.45, 7) is 0.0912. The van der Waals surface area contributed by atoms with Crippen LogP contribution in [-0.2, 0) is 6.54 Å². The molecular weight excluding hydrogens is 254 g/mol. The molecule has 0 radical (unpaired) electrons. The Morgan fingerprint density at radius 3 is 2.89 bits per heavy atom. The van der Waals surface area contributed by atoms with Crippen molar-refractivity contribution in [2.75, 3.05) is 0 Å². The fraction of sp³-hybridized carbons (Fsp3) is 0.100. The predicted octanol–water partition coefficient (Wildman–Crippen LogP) is -0.0638. The van der Waals surface area contributed by atoms with Gasteiger partial charge in [-0.05, 0) is 0 Å². The smallest absolute Gasteiger partial charge is 0.286 e. The molecule has 3 N–H and O–H groups in total. The van der Waals surface area contributed by atoms with E-state index in [0.717, 1.165) is 12.3 Å². The van der Waals surface area contributed by atoms with Gasteiger partial charge in [0.1, 0.15) is 11.4 Å². The Morgan fingerprint density at radius 1 is 1.47 bits per heavy atom. The normalized spacial score (nSPS) is 10.1. The highest BCUT2D eigenvalue weighted by atomic mass is 16.6. The first kappa shape index (κ1) is 12.5. The van der Waals surface area contributed by atoms with Crippen LogP contribution in [-0.4, -0.2) is 25.8 Å². The zero-order valence-electron chi connectivity index (χ0n) is 9.54. The van der Waals surface area contributed by atoms with E-state index in [9.17, 15) is 19.7 Å². The molecule has 0 aliphatic heterocycles. The molecule has 0 aromatic carbocycles. The summed E-state index contributed by atoms with van der Waals surface area (Å²) in [6.07, 6.45) is 4.04. The topological polar surface area (TPSA) is 134 Å². The number of carbonyl (C=O) groups excluding carboxylic acids is 1. The number of H-pyrrole nitrogens is 2. The van der Waals surface area contributed by atoms with Crippen molar-refractivity contribution in [1.29, 1.82) is 0 Å². The number of aromatic amines is 2. The number of carbonyl (C=O) groups is 1. The Labute approximate surface area is 105 Å². The molecule has 0 aliphatic rings. The molecule has 1 amide bonds. The summed E-state index contributed by atoms with van der Waals surface area (Å²) >= 11 is 0. The number of hydrogen-bond acceptors (Lipinski definition) is 5. The van der Waals surface area contributed by atoms with Crippen molar-refractivity contribution in [3.8, 4) is 0 Å². The minimum absolute atomic E-state index is 0.0912. The van der Waals surface area contributed by atoms with E-state index in [-0.39, 0.29) is 17.8 Å². The summed E-state index contributed by atoms with van der Waals surface area (Å²) in [6, 6.07) is 0.927.